The Morgan fingerprint density at radius 1 is 1.06 bits per heavy atom. The second-order valence-electron chi connectivity index (χ2n) is 7.35. The number of amides is 1. The molecule has 0 radical (unpaired) electrons. The maximum Gasteiger partial charge on any atom is 0.255 e. The van der Waals surface area contributed by atoms with Gasteiger partial charge in [0.15, 0.2) is 5.75 Å². The molecule has 168 valence electrons. The summed E-state index contributed by atoms with van der Waals surface area (Å²) in [6.07, 6.45) is 2.99. The van der Waals surface area contributed by atoms with E-state index in [-0.39, 0.29) is 5.91 Å². The van der Waals surface area contributed by atoms with Gasteiger partial charge in [-0.25, -0.2) is 14.4 Å². The summed E-state index contributed by atoms with van der Waals surface area (Å²) in [7, 11) is 1.52. The fourth-order valence-corrected chi connectivity index (χ4v) is 4.54. The Balaban J connectivity index is 1.57. The van der Waals surface area contributed by atoms with Gasteiger partial charge < -0.3 is 14.6 Å². The van der Waals surface area contributed by atoms with Gasteiger partial charge >= 0.3 is 0 Å². The number of nitrogens with one attached hydrogen (secondary N) is 2. The molecule has 0 aliphatic carbocycles. The molecule has 33 heavy (non-hydrogen) atoms. The molecule has 0 fully saturated rings. The first-order valence-electron chi connectivity index (χ1n) is 10.2. The smallest absolute Gasteiger partial charge is 0.255 e. The second kappa shape index (κ2) is 9.76. The van der Waals surface area contributed by atoms with E-state index in [0.29, 0.717) is 21.9 Å². The standard InChI is InChI=1S/C24H23N5O3S/c1-16-6-4-7-17(2)23(16)28-33(31)22-13-19(10-11-21(22)32-3)27-24(30)18-8-5-9-20(12-18)29-15-25-14-26-29/h4-15,28H,1-3H3,(H,27,30). The lowest BCUT2D eigenvalue weighted by Crippen LogP contribution is -2.17. The predicted molar refractivity (Wildman–Crippen MR) is 128 cm³/mol. The van der Waals surface area contributed by atoms with Crippen LogP contribution in [-0.2, 0) is 11.4 Å². The summed E-state index contributed by atoms with van der Waals surface area (Å²) in [5, 5.41) is 6.95. The Morgan fingerprint density at radius 2 is 1.82 bits per heavy atom. The van der Waals surface area contributed by atoms with Crippen molar-refractivity contribution in [3.05, 3.63) is 90.0 Å². The first-order chi connectivity index (χ1) is 16.0. The van der Waals surface area contributed by atoms with Crippen molar-refractivity contribution in [3.63, 3.8) is 0 Å². The number of ether oxygens (including phenoxy) is 1. The first-order valence-corrected chi connectivity index (χ1v) is 11.3. The topological polar surface area (TPSA) is 104 Å². The van der Waals surface area contributed by atoms with Crippen molar-refractivity contribution < 1.29 is 14.1 Å². The van der Waals surface area contributed by atoms with Crippen molar-refractivity contribution in [2.24, 2.45) is 0 Å². The summed E-state index contributed by atoms with van der Waals surface area (Å²) < 4.78 is 23.2. The minimum absolute atomic E-state index is 0.304. The van der Waals surface area contributed by atoms with Crippen LogP contribution in [0.1, 0.15) is 21.5 Å². The highest BCUT2D eigenvalue weighted by molar-refractivity contribution is 7.92. The zero-order valence-electron chi connectivity index (χ0n) is 18.4. The van der Waals surface area contributed by atoms with Gasteiger partial charge in [-0.05, 0) is 55.3 Å². The number of benzene rings is 3. The fraction of sp³-hybridized carbons (Fsp3) is 0.125. The molecule has 8 nitrogen and oxygen atoms in total. The molecule has 1 unspecified atom stereocenters. The van der Waals surface area contributed by atoms with Crippen LogP contribution in [0, 0.1) is 13.8 Å². The van der Waals surface area contributed by atoms with Gasteiger partial charge in [-0.15, -0.1) is 0 Å². The molecular formula is C24H23N5O3S. The third kappa shape index (κ3) is 5.00. The summed E-state index contributed by atoms with van der Waals surface area (Å²) in [5.41, 5.74) is 4.44. The van der Waals surface area contributed by atoms with Crippen molar-refractivity contribution in [1.82, 2.24) is 14.8 Å². The molecule has 0 aliphatic rings. The van der Waals surface area contributed by atoms with Crippen LogP contribution in [0.25, 0.3) is 5.69 Å². The number of hydrogen-bond acceptors (Lipinski definition) is 6. The number of aromatic nitrogens is 3. The van der Waals surface area contributed by atoms with E-state index in [1.165, 1.54) is 13.4 Å². The first kappa shape index (κ1) is 22.4. The summed E-state index contributed by atoms with van der Waals surface area (Å²) >= 11 is -1.60. The molecule has 9 heteroatoms. The molecule has 0 bridgehead atoms. The van der Waals surface area contributed by atoms with E-state index in [4.69, 9.17) is 4.74 Å². The number of anilines is 2. The zero-order valence-corrected chi connectivity index (χ0v) is 19.2. The van der Waals surface area contributed by atoms with E-state index in [1.54, 1.807) is 47.4 Å². The van der Waals surface area contributed by atoms with Gasteiger partial charge in [-0.3, -0.25) is 4.79 Å². The van der Waals surface area contributed by atoms with Gasteiger partial charge in [0.05, 0.1) is 18.5 Å². The molecular weight excluding hydrogens is 438 g/mol. The largest absolute Gasteiger partial charge is 0.588 e. The lowest BCUT2D eigenvalue weighted by atomic mass is 10.1. The molecule has 1 amide bonds. The van der Waals surface area contributed by atoms with Crippen LogP contribution >= 0.6 is 0 Å². The van der Waals surface area contributed by atoms with Crippen molar-refractivity contribution in [3.8, 4) is 11.4 Å². The fourth-order valence-electron chi connectivity index (χ4n) is 3.36. The van der Waals surface area contributed by atoms with E-state index >= 15 is 0 Å². The molecule has 3 aromatic carbocycles. The number of aryl methyl sites for hydroxylation is 2. The summed E-state index contributed by atoms with van der Waals surface area (Å²) in [5.74, 6) is 0.153. The molecule has 2 N–H and O–H groups in total. The van der Waals surface area contributed by atoms with Crippen molar-refractivity contribution >= 4 is 28.6 Å². The van der Waals surface area contributed by atoms with E-state index in [1.807, 2.05) is 38.1 Å². The summed E-state index contributed by atoms with van der Waals surface area (Å²) in [6.45, 7) is 3.90. The average Bonchev–Trinajstić information content (AvgIpc) is 3.36. The maximum atomic E-state index is 13.2. The Bertz CT molecular complexity index is 1260. The van der Waals surface area contributed by atoms with Gasteiger partial charge in [0.1, 0.15) is 24.0 Å². The van der Waals surface area contributed by atoms with Crippen LogP contribution in [0.3, 0.4) is 0 Å². The van der Waals surface area contributed by atoms with Crippen LogP contribution < -0.4 is 14.8 Å². The van der Waals surface area contributed by atoms with Crippen LogP contribution in [0.2, 0.25) is 0 Å². The van der Waals surface area contributed by atoms with Crippen molar-refractivity contribution in [2.45, 2.75) is 18.7 Å². The number of methoxy groups -OCH3 is 1. The summed E-state index contributed by atoms with van der Waals surface area (Å²) in [6, 6.07) is 17.9. The van der Waals surface area contributed by atoms with Gasteiger partial charge in [0, 0.05) is 17.3 Å². The minimum Gasteiger partial charge on any atom is -0.588 e. The van der Waals surface area contributed by atoms with Gasteiger partial charge in [0.2, 0.25) is 4.90 Å². The Hall–Kier alpha value is -3.82. The van der Waals surface area contributed by atoms with E-state index < -0.39 is 11.4 Å². The van der Waals surface area contributed by atoms with E-state index in [0.717, 1.165) is 22.5 Å². The Kier molecular flexibility index (Phi) is 6.62. The van der Waals surface area contributed by atoms with Crippen LogP contribution in [0.4, 0.5) is 11.4 Å². The number of carbonyl (C=O) groups excluding carboxylic acids is 1. The van der Waals surface area contributed by atoms with E-state index in [2.05, 4.69) is 20.1 Å². The number of para-hydroxylation sites is 1. The Morgan fingerprint density at radius 3 is 2.52 bits per heavy atom. The zero-order chi connectivity index (χ0) is 23.4. The molecule has 4 aromatic rings. The number of carbonyl (C=O) groups is 1. The van der Waals surface area contributed by atoms with Gasteiger partial charge in [-0.2, -0.15) is 5.10 Å². The highest BCUT2D eigenvalue weighted by Gasteiger charge is 2.21. The number of rotatable bonds is 7. The highest BCUT2D eigenvalue weighted by Crippen LogP contribution is 2.31. The molecule has 0 aliphatic heterocycles. The highest BCUT2D eigenvalue weighted by atomic mass is 32.2. The molecule has 0 spiro atoms. The molecule has 0 saturated carbocycles. The minimum atomic E-state index is -1.60. The second-order valence-corrected chi connectivity index (χ2v) is 8.53. The summed E-state index contributed by atoms with van der Waals surface area (Å²) in [4.78, 5) is 17.2. The monoisotopic (exact) mass is 461 g/mol. The predicted octanol–water partition coefficient (Wildman–Crippen LogP) is 4.28. The quantitative estimate of drug-likeness (QED) is 0.398. The van der Waals surface area contributed by atoms with Crippen LogP contribution in [0.15, 0.2) is 78.2 Å². The number of hydrogen-bond donors (Lipinski definition) is 2. The van der Waals surface area contributed by atoms with Crippen molar-refractivity contribution in [1.29, 1.82) is 0 Å². The van der Waals surface area contributed by atoms with Crippen LogP contribution in [-0.4, -0.2) is 32.3 Å². The van der Waals surface area contributed by atoms with Crippen molar-refractivity contribution in [2.75, 3.05) is 17.1 Å². The Labute approximate surface area is 194 Å². The van der Waals surface area contributed by atoms with Gasteiger partial charge in [-0.1, -0.05) is 24.3 Å². The van der Waals surface area contributed by atoms with E-state index in [9.17, 15) is 9.35 Å². The molecule has 0 saturated heterocycles. The SMILES string of the molecule is COc1ccc(NC(=O)c2cccc(-n3cncn3)c2)cc1[S+]([O-])Nc1c(C)cccc1C. The third-order valence-electron chi connectivity index (χ3n) is 5.09. The average molecular weight is 462 g/mol. The normalized spacial score (nSPS) is 11.6. The maximum absolute atomic E-state index is 13.2. The molecule has 1 aromatic heterocycles. The molecule has 1 atom stereocenters. The van der Waals surface area contributed by atoms with Gasteiger partial charge in [0.25, 0.3) is 5.91 Å². The molecule has 1 heterocycles. The third-order valence-corrected chi connectivity index (χ3v) is 6.20. The number of nitrogens with zero attached hydrogens (tertiary/aromatic N) is 3. The lowest BCUT2D eigenvalue weighted by Gasteiger charge is -2.17. The van der Waals surface area contributed by atoms with Crippen LogP contribution in [0.5, 0.6) is 5.75 Å². The molecule has 4 rings (SSSR count). The lowest BCUT2D eigenvalue weighted by molar-refractivity contribution is 0.102.